The number of amides is 1. The maximum atomic E-state index is 12.1. The zero-order chi connectivity index (χ0) is 18.8. The summed E-state index contributed by atoms with van der Waals surface area (Å²) in [5.41, 5.74) is 2.58. The molecule has 1 amide bonds. The van der Waals surface area contributed by atoms with Crippen LogP contribution in [0.3, 0.4) is 0 Å². The lowest BCUT2D eigenvalue weighted by molar-refractivity contribution is -0.125. The van der Waals surface area contributed by atoms with Crippen molar-refractivity contribution in [1.82, 2.24) is 5.43 Å². The molecule has 0 spiro atoms. The number of halogens is 2. The van der Waals surface area contributed by atoms with Crippen molar-refractivity contribution in [2.45, 2.75) is 23.2 Å². The summed E-state index contributed by atoms with van der Waals surface area (Å²) in [6, 6.07) is 12.4. The summed E-state index contributed by atoms with van der Waals surface area (Å²) >= 11 is 6.90. The van der Waals surface area contributed by atoms with E-state index in [1.165, 1.54) is 6.21 Å². The van der Waals surface area contributed by atoms with E-state index in [9.17, 15) is 4.79 Å². The van der Waals surface area contributed by atoms with Gasteiger partial charge < -0.3 is 9.15 Å². The standard InChI is InChI=1S/C18H15Br2N3O3/c1-17(11-18(17,19)20)16(24)23-22-9-14-6-7-15(26-14)10-25-13-4-2-12(8-21)3-5-13/h2-7,9H,10-11H2,1H3,(H,23,24)/t17-/m0/s1. The lowest BCUT2D eigenvalue weighted by Gasteiger charge is -2.09. The first-order valence-corrected chi connectivity index (χ1v) is 9.36. The monoisotopic (exact) mass is 479 g/mol. The summed E-state index contributed by atoms with van der Waals surface area (Å²) in [5, 5.41) is 12.7. The van der Waals surface area contributed by atoms with E-state index in [4.69, 9.17) is 14.4 Å². The lowest BCUT2D eigenvalue weighted by Crippen LogP contribution is -2.29. The van der Waals surface area contributed by atoms with Crippen LogP contribution in [-0.2, 0) is 11.4 Å². The highest BCUT2D eigenvalue weighted by molar-refractivity contribution is 9.25. The second kappa shape index (κ2) is 7.25. The summed E-state index contributed by atoms with van der Waals surface area (Å²) in [5.74, 6) is 1.61. The fourth-order valence-electron chi connectivity index (χ4n) is 2.25. The van der Waals surface area contributed by atoms with Gasteiger partial charge in [-0.2, -0.15) is 10.4 Å². The second-order valence-electron chi connectivity index (χ2n) is 6.14. The Kier molecular flexibility index (Phi) is 5.21. The minimum absolute atomic E-state index is 0.168. The molecule has 0 bridgehead atoms. The highest BCUT2D eigenvalue weighted by Crippen LogP contribution is 2.66. The van der Waals surface area contributed by atoms with E-state index < -0.39 is 5.41 Å². The van der Waals surface area contributed by atoms with Crippen LogP contribution >= 0.6 is 31.9 Å². The van der Waals surface area contributed by atoms with Crippen molar-refractivity contribution < 1.29 is 13.9 Å². The quantitative estimate of drug-likeness (QED) is 0.383. The molecule has 1 aliphatic carbocycles. The number of furan rings is 1. The van der Waals surface area contributed by atoms with Gasteiger partial charge in [-0.3, -0.25) is 4.79 Å². The molecule has 1 atom stereocenters. The van der Waals surface area contributed by atoms with Crippen molar-refractivity contribution in [2.24, 2.45) is 10.5 Å². The Labute approximate surface area is 167 Å². The fraction of sp³-hybridized carbons (Fsp3) is 0.278. The molecule has 134 valence electrons. The Hall–Kier alpha value is -2.11. The molecule has 2 aromatic rings. The molecule has 0 radical (unpaired) electrons. The van der Waals surface area contributed by atoms with Gasteiger partial charge in [-0.1, -0.05) is 31.9 Å². The first-order chi connectivity index (χ1) is 12.3. The number of hydrogen-bond acceptors (Lipinski definition) is 5. The number of carbonyl (C=O) groups is 1. The lowest BCUT2D eigenvalue weighted by atomic mass is 10.1. The van der Waals surface area contributed by atoms with Crippen LogP contribution in [0.5, 0.6) is 5.75 Å². The van der Waals surface area contributed by atoms with Gasteiger partial charge in [-0.15, -0.1) is 0 Å². The minimum Gasteiger partial charge on any atom is -0.486 e. The van der Waals surface area contributed by atoms with E-state index in [1.54, 1.807) is 36.4 Å². The van der Waals surface area contributed by atoms with E-state index in [0.717, 1.165) is 0 Å². The van der Waals surface area contributed by atoms with Crippen LogP contribution < -0.4 is 10.2 Å². The summed E-state index contributed by atoms with van der Waals surface area (Å²) < 4.78 is 10.8. The predicted molar refractivity (Wildman–Crippen MR) is 103 cm³/mol. The largest absolute Gasteiger partial charge is 0.486 e. The fourth-order valence-corrected chi connectivity index (χ4v) is 3.73. The molecule has 6 nitrogen and oxygen atoms in total. The molecule has 1 heterocycles. The molecule has 0 unspecified atom stereocenters. The van der Waals surface area contributed by atoms with Gasteiger partial charge in [0.2, 0.25) is 5.91 Å². The zero-order valence-corrected chi connectivity index (χ0v) is 17.0. The van der Waals surface area contributed by atoms with Crippen LogP contribution in [-0.4, -0.2) is 15.4 Å². The number of carbonyl (C=O) groups excluding carboxylic acids is 1. The number of hydrazone groups is 1. The average Bonchev–Trinajstić information content (AvgIpc) is 2.96. The number of nitriles is 1. The van der Waals surface area contributed by atoms with Crippen LogP contribution in [0.4, 0.5) is 0 Å². The molecule has 0 aliphatic heterocycles. The van der Waals surface area contributed by atoms with Crippen molar-refractivity contribution in [3.05, 3.63) is 53.5 Å². The third-order valence-electron chi connectivity index (χ3n) is 4.16. The molecule has 1 aliphatic rings. The SMILES string of the molecule is C[C@@]1(C(=O)NN=Cc2ccc(COc3ccc(C#N)cc3)o2)CC1(Br)Br. The van der Waals surface area contributed by atoms with Gasteiger partial charge in [-0.05, 0) is 49.7 Å². The van der Waals surface area contributed by atoms with Gasteiger partial charge in [0.1, 0.15) is 23.9 Å². The highest BCUT2D eigenvalue weighted by Gasteiger charge is 2.66. The summed E-state index contributed by atoms with van der Waals surface area (Å²) in [6.45, 7) is 2.10. The first-order valence-electron chi connectivity index (χ1n) is 7.77. The van der Waals surface area contributed by atoms with Crippen LogP contribution in [0.25, 0.3) is 0 Å². The number of nitrogens with one attached hydrogen (secondary N) is 1. The van der Waals surface area contributed by atoms with Crippen LogP contribution in [0, 0.1) is 16.7 Å². The Balaban J connectivity index is 1.50. The summed E-state index contributed by atoms with van der Waals surface area (Å²) in [6.07, 6.45) is 2.14. The molecular weight excluding hydrogens is 466 g/mol. The van der Waals surface area contributed by atoms with E-state index in [2.05, 4.69) is 48.5 Å². The van der Waals surface area contributed by atoms with Gasteiger partial charge in [0.05, 0.1) is 26.5 Å². The molecule has 1 saturated carbocycles. The topological polar surface area (TPSA) is 87.6 Å². The second-order valence-corrected chi connectivity index (χ2v) is 9.91. The third-order valence-corrected chi connectivity index (χ3v) is 6.47. The van der Waals surface area contributed by atoms with E-state index in [1.807, 2.05) is 6.92 Å². The maximum Gasteiger partial charge on any atom is 0.248 e. The molecule has 26 heavy (non-hydrogen) atoms. The molecule has 1 fully saturated rings. The van der Waals surface area contributed by atoms with Gasteiger partial charge in [-0.25, -0.2) is 5.43 Å². The van der Waals surface area contributed by atoms with Gasteiger partial charge >= 0.3 is 0 Å². The highest BCUT2D eigenvalue weighted by atomic mass is 79.9. The van der Waals surface area contributed by atoms with Gasteiger partial charge in [0.15, 0.2) is 0 Å². The molecule has 8 heteroatoms. The Morgan fingerprint density at radius 1 is 1.38 bits per heavy atom. The van der Waals surface area contributed by atoms with Crippen molar-refractivity contribution in [3.63, 3.8) is 0 Å². The molecular formula is C18H15Br2N3O3. The van der Waals surface area contributed by atoms with Gasteiger partial charge in [0.25, 0.3) is 0 Å². The summed E-state index contributed by atoms with van der Waals surface area (Å²) in [4.78, 5) is 12.1. The van der Waals surface area contributed by atoms with Crippen molar-refractivity contribution in [3.8, 4) is 11.8 Å². The third kappa shape index (κ3) is 4.00. The normalized spacial score (nSPS) is 20.5. The Morgan fingerprint density at radius 2 is 2.08 bits per heavy atom. The minimum atomic E-state index is -0.520. The number of hydrogen-bond donors (Lipinski definition) is 1. The average molecular weight is 481 g/mol. The van der Waals surface area contributed by atoms with Crippen LogP contribution in [0.15, 0.2) is 45.9 Å². The molecule has 1 aromatic carbocycles. The van der Waals surface area contributed by atoms with Crippen molar-refractivity contribution in [2.75, 3.05) is 0 Å². The predicted octanol–water partition coefficient (Wildman–Crippen LogP) is 4.08. The first kappa shape index (κ1) is 18.7. The molecule has 3 rings (SSSR count). The Bertz CT molecular complexity index is 884. The van der Waals surface area contributed by atoms with Gasteiger partial charge in [0, 0.05) is 0 Å². The molecule has 1 aromatic heterocycles. The van der Waals surface area contributed by atoms with E-state index in [0.29, 0.717) is 29.3 Å². The maximum absolute atomic E-state index is 12.1. The zero-order valence-electron chi connectivity index (χ0n) is 13.8. The number of rotatable bonds is 6. The number of ether oxygens (including phenoxy) is 1. The van der Waals surface area contributed by atoms with E-state index >= 15 is 0 Å². The number of benzene rings is 1. The van der Waals surface area contributed by atoms with Crippen LogP contribution in [0.1, 0.15) is 30.4 Å². The molecule has 1 N–H and O–H groups in total. The Morgan fingerprint density at radius 3 is 2.69 bits per heavy atom. The van der Waals surface area contributed by atoms with Crippen molar-refractivity contribution >= 4 is 44.0 Å². The number of nitrogens with zero attached hydrogens (tertiary/aromatic N) is 2. The smallest absolute Gasteiger partial charge is 0.248 e. The summed E-state index contributed by atoms with van der Waals surface area (Å²) in [7, 11) is 0. The molecule has 0 saturated heterocycles. The van der Waals surface area contributed by atoms with E-state index in [-0.39, 0.29) is 15.7 Å². The number of alkyl halides is 2. The van der Waals surface area contributed by atoms with Crippen LogP contribution in [0.2, 0.25) is 0 Å². The van der Waals surface area contributed by atoms with Crippen molar-refractivity contribution in [1.29, 1.82) is 5.26 Å².